The molecular weight excluding hydrogens is 322 g/mol. The van der Waals surface area contributed by atoms with Gasteiger partial charge in [0.15, 0.2) is 0 Å². The van der Waals surface area contributed by atoms with Gasteiger partial charge >= 0.3 is 0 Å². The maximum Gasteiger partial charge on any atom is 0.203 e. The summed E-state index contributed by atoms with van der Waals surface area (Å²) in [6.07, 6.45) is 1.68. The van der Waals surface area contributed by atoms with Crippen LogP contribution in [0.3, 0.4) is 0 Å². The highest BCUT2D eigenvalue weighted by atomic mass is 32.1. The molecule has 1 heterocycles. The van der Waals surface area contributed by atoms with Crippen LogP contribution in [0.4, 0.5) is 5.13 Å². The Morgan fingerprint density at radius 1 is 1.17 bits per heavy atom. The second-order valence-corrected chi connectivity index (χ2v) is 5.81. The van der Waals surface area contributed by atoms with Gasteiger partial charge in [0.1, 0.15) is 11.5 Å². The second-order valence-electron chi connectivity index (χ2n) is 4.96. The number of hydrogen-bond acceptors (Lipinski definition) is 6. The Balaban J connectivity index is 1.63. The van der Waals surface area contributed by atoms with Gasteiger partial charge in [0.25, 0.3) is 0 Å². The summed E-state index contributed by atoms with van der Waals surface area (Å²) in [7, 11) is 0. The zero-order chi connectivity index (χ0) is 16.8. The summed E-state index contributed by atoms with van der Waals surface area (Å²) in [6.45, 7) is 2.62. The number of aromatic hydroxyl groups is 1. The van der Waals surface area contributed by atoms with Crippen LogP contribution in [-0.4, -0.2) is 22.9 Å². The standard InChI is InChI=1S/C18H17N3O2S/c1-2-23-16-9-5-14(6-10-16)17-12-24-18(20-17)21-19-11-13-3-7-15(22)8-4-13/h3-12,22H,2H2,1H3,(H,20,21)/b19-11-. The fourth-order valence-electron chi connectivity index (χ4n) is 2.07. The van der Waals surface area contributed by atoms with Crippen molar-refractivity contribution in [2.75, 3.05) is 12.0 Å². The molecule has 0 saturated carbocycles. The first-order valence-corrected chi connectivity index (χ1v) is 8.39. The normalized spacial score (nSPS) is 10.9. The summed E-state index contributed by atoms with van der Waals surface area (Å²) in [6, 6.07) is 14.7. The van der Waals surface area contributed by atoms with Crippen LogP contribution in [0.25, 0.3) is 11.3 Å². The molecule has 0 amide bonds. The van der Waals surface area contributed by atoms with E-state index in [2.05, 4.69) is 15.5 Å². The number of aromatic nitrogens is 1. The largest absolute Gasteiger partial charge is 0.508 e. The van der Waals surface area contributed by atoms with E-state index in [1.807, 2.05) is 36.6 Å². The average molecular weight is 339 g/mol. The number of nitrogens with one attached hydrogen (secondary N) is 1. The molecule has 24 heavy (non-hydrogen) atoms. The molecule has 0 aliphatic heterocycles. The Morgan fingerprint density at radius 3 is 2.62 bits per heavy atom. The Hall–Kier alpha value is -2.86. The number of thiazole rings is 1. The van der Waals surface area contributed by atoms with E-state index < -0.39 is 0 Å². The molecule has 2 aromatic carbocycles. The average Bonchev–Trinajstić information content (AvgIpc) is 3.07. The smallest absolute Gasteiger partial charge is 0.203 e. The van der Waals surface area contributed by atoms with Gasteiger partial charge in [-0.2, -0.15) is 5.10 Å². The van der Waals surface area contributed by atoms with Gasteiger partial charge in [-0.3, -0.25) is 5.43 Å². The number of benzene rings is 2. The van der Waals surface area contributed by atoms with Crippen molar-refractivity contribution in [3.05, 3.63) is 59.5 Å². The fourth-order valence-corrected chi connectivity index (χ4v) is 2.74. The van der Waals surface area contributed by atoms with Gasteiger partial charge in [0.05, 0.1) is 18.5 Å². The molecule has 1 aromatic heterocycles. The van der Waals surface area contributed by atoms with E-state index in [0.717, 1.165) is 22.6 Å². The molecule has 3 rings (SSSR count). The fraction of sp³-hybridized carbons (Fsp3) is 0.111. The van der Waals surface area contributed by atoms with Crippen LogP contribution in [0.5, 0.6) is 11.5 Å². The van der Waals surface area contributed by atoms with Crippen molar-refractivity contribution >= 4 is 22.7 Å². The lowest BCUT2D eigenvalue weighted by atomic mass is 10.2. The van der Waals surface area contributed by atoms with Crippen molar-refractivity contribution in [2.45, 2.75) is 6.92 Å². The van der Waals surface area contributed by atoms with Crippen molar-refractivity contribution in [1.29, 1.82) is 0 Å². The van der Waals surface area contributed by atoms with Crippen molar-refractivity contribution < 1.29 is 9.84 Å². The van der Waals surface area contributed by atoms with E-state index in [0.29, 0.717) is 11.7 Å². The van der Waals surface area contributed by atoms with E-state index in [4.69, 9.17) is 4.74 Å². The second kappa shape index (κ2) is 7.61. The molecule has 0 fully saturated rings. The highest BCUT2D eigenvalue weighted by molar-refractivity contribution is 7.14. The number of rotatable bonds is 6. The molecule has 0 saturated heterocycles. The van der Waals surface area contributed by atoms with E-state index >= 15 is 0 Å². The molecular formula is C18H17N3O2S. The zero-order valence-corrected chi connectivity index (χ0v) is 14.0. The number of phenols is 1. The lowest BCUT2D eigenvalue weighted by Crippen LogP contribution is -1.91. The maximum absolute atomic E-state index is 9.24. The molecule has 122 valence electrons. The lowest BCUT2D eigenvalue weighted by Gasteiger charge is -2.03. The van der Waals surface area contributed by atoms with Gasteiger partial charge in [-0.05, 0) is 61.0 Å². The minimum atomic E-state index is 0.236. The SMILES string of the molecule is CCOc1ccc(-c2csc(N/N=C\c3ccc(O)cc3)n2)cc1. The predicted octanol–water partition coefficient (Wildman–Crippen LogP) is 4.36. The van der Waals surface area contributed by atoms with Gasteiger partial charge in [0.2, 0.25) is 5.13 Å². The molecule has 0 aliphatic rings. The Labute approximate surface area is 144 Å². The van der Waals surface area contributed by atoms with Gasteiger partial charge in [-0.1, -0.05) is 0 Å². The van der Waals surface area contributed by atoms with Crippen LogP contribution in [0.1, 0.15) is 12.5 Å². The Bertz CT molecular complexity index is 811. The predicted molar refractivity (Wildman–Crippen MR) is 98.0 cm³/mol. The van der Waals surface area contributed by atoms with Crippen LogP contribution < -0.4 is 10.2 Å². The lowest BCUT2D eigenvalue weighted by molar-refractivity contribution is 0.340. The number of hydrazone groups is 1. The summed E-state index contributed by atoms with van der Waals surface area (Å²) in [5.74, 6) is 1.09. The minimum Gasteiger partial charge on any atom is -0.508 e. The van der Waals surface area contributed by atoms with Crippen molar-refractivity contribution in [3.8, 4) is 22.8 Å². The van der Waals surface area contributed by atoms with Crippen molar-refractivity contribution in [2.24, 2.45) is 5.10 Å². The summed E-state index contributed by atoms with van der Waals surface area (Å²) in [5.41, 5.74) is 5.74. The highest BCUT2D eigenvalue weighted by Gasteiger charge is 2.04. The van der Waals surface area contributed by atoms with Crippen LogP contribution >= 0.6 is 11.3 Å². The van der Waals surface area contributed by atoms with Gasteiger partial charge < -0.3 is 9.84 Å². The Kier molecular flexibility index (Phi) is 5.08. The molecule has 2 N–H and O–H groups in total. The van der Waals surface area contributed by atoms with Gasteiger partial charge in [-0.25, -0.2) is 4.98 Å². The van der Waals surface area contributed by atoms with E-state index in [9.17, 15) is 5.11 Å². The first-order chi connectivity index (χ1) is 11.7. The summed E-state index contributed by atoms with van der Waals surface area (Å²) < 4.78 is 5.44. The topological polar surface area (TPSA) is 66.7 Å². The van der Waals surface area contributed by atoms with Gasteiger partial charge in [-0.15, -0.1) is 11.3 Å². The summed E-state index contributed by atoms with van der Waals surface area (Å²) >= 11 is 1.49. The highest BCUT2D eigenvalue weighted by Crippen LogP contribution is 2.26. The quantitative estimate of drug-likeness (QED) is 0.517. The molecule has 0 bridgehead atoms. The molecule has 0 atom stereocenters. The van der Waals surface area contributed by atoms with Crippen molar-refractivity contribution in [1.82, 2.24) is 4.98 Å². The zero-order valence-electron chi connectivity index (χ0n) is 13.1. The van der Waals surface area contributed by atoms with E-state index in [-0.39, 0.29) is 5.75 Å². The third kappa shape index (κ3) is 4.11. The third-order valence-corrected chi connectivity index (χ3v) is 3.98. The number of phenolic OH excluding ortho intramolecular Hbond substituents is 1. The number of anilines is 1. The molecule has 6 heteroatoms. The number of nitrogens with zero attached hydrogens (tertiary/aromatic N) is 2. The van der Waals surface area contributed by atoms with Crippen LogP contribution in [-0.2, 0) is 0 Å². The number of hydrogen-bond donors (Lipinski definition) is 2. The Morgan fingerprint density at radius 2 is 1.92 bits per heavy atom. The van der Waals surface area contributed by atoms with E-state index in [1.54, 1.807) is 30.5 Å². The molecule has 5 nitrogen and oxygen atoms in total. The molecule has 3 aromatic rings. The van der Waals surface area contributed by atoms with Crippen LogP contribution in [0.15, 0.2) is 59.0 Å². The molecule has 0 spiro atoms. The third-order valence-electron chi connectivity index (χ3n) is 3.23. The first kappa shape index (κ1) is 16.0. The minimum absolute atomic E-state index is 0.236. The van der Waals surface area contributed by atoms with Gasteiger partial charge in [0, 0.05) is 10.9 Å². The summed E-state index contributed by atoms with van der Waals surface area (Å²) in [5, 5.41) is 16.1. The number of ether oxygens (including phenoxy) is 1. The maximum atomic E-state index is 9.24. The molecule has 0 aliphatic carbocycles. The van der Waals surface area contributed by atoms with E-state index in [1.165, 1.54) is 11.3 Å². The van der Waals surface area contributed by atoms with Crippen LogP contribution in [0.2, 0.25) is 0 Å². The molecule has 0 radical (unpaired) electrons. The monoisotopic (exact) mass is 339 g/mol. The molecule has 0 unspecified atom stereocenters. The van der Waals surface area contributed by atoms with Crippen LogP contribution in [0, 0.1) is 0 Å². The summed E-state index contributed by atoms with van der Waals surface area (Å²) in [4.78, 5) is 4.51. The van der Waals surface area contributed by atoms with Crippen molar-refractivity contribution in [3.63, 3.8) is 0 Å². The first-order valence-electron chi connectivity index (χ1n) is 7.51.